The van der Waals surface area contributed by atoms with E-state index < -0.39 is 0 Å². The summed E-state index contributed by atoms with van der Waals surface area (Å²) in [4.78, 5) is 4.22. The highest BCUT2D eigenvalue weighted by Gasteiger charge is 2.16. The van der Waals surface area contributed by atoms with Crippen molar-refractivity contribution in [3.63, 3.8) is 0 Å². The summed E-state index contributed by atoms with van der Waals surface area (Å²) in [5.74, 6) is 0.218. The Morgan fingerprint density at radius 1 is 1.34 bits per heavy atom. The molecule has 2 aromatic rings. The molecule has 2 bridgehead atoms. The number of anilines is 1. The van der Waals surface area contributed by atoms with Crippen molar-refractivity contribution in [1.29, 1.82) is 10.8 Å². The summed E-state index contributed by atoms with van der Waals surface area (Å²) in [6.45, 7) is 3.02. The number of aromatic nitrogens is 1. The summed E-state index contributed by atoms with van der Waals surface area (Å²) in [5, 5.41) is 21.9. The smallest absolute Gasteiger partial charge is 0.166 e. The van der Waals surface area contributed by atoms with E-state index in [9.17, 15) is 4.39 Å². The van der Waals surface area contributed by atoms with Gasteiger partial charge in [0.1, 0.15) is 12.4 Å². The molecule has 7 nitrogen and oxygen atoms in total. The molecule has 0 unspecified atom stereocenters. The maximum absolute atomic E-state index is 13.9. The van der Waals surface area contributed by atoms with E-state index in [-0.39, 0.29) is 18.2 Å². The molecule has 0 fully saturated rings. The molecule has 0 amide bonds. The molecule has 29 heavy (non-hydrogen) atoms. The molecule has 2 heterocycles. The number of nitrogens with zero attached hydrogens (tertiary/aromatic N) is 1. The van der Waals surface area contributed by atoms with E-state index in [2.05, 4.69) is 15.6 Å². The van der Waals surface area contributed by atoms with Crippen LogP contribution in [0.5, 0.6) is 5.75 Å². The second-order valence-corrected chi connectivity index (χ2v) is 6.37. The summed E-state index contributed by atoms with van der Waals surface area (Å²) in [5.41, 5.74) is 10.1. The Labute approximate surface area is 168 Å². The van der Waals surface area contributed by atoms with Crippen LogP contribution >= 0.6 is 0 Å². The standard InChI is InChI=1S/C21H23FN6O/c1-2-26-20-13-8-19(21(25)28-10-13)29-12-14-7-16(22)3-4-17(14)18(5-6-23)27-11-15(20)9-24/h3-10,23-24,26-27H,2,11-12H2,1H3,(H2,25,28)/b18-5-,20-15+,23-6?,24-9?. The molecule has 3 rings (SSSR count). The molecule has 1 aliphatic rings. The SMILES string of the molecule is CCN/C1=C(\C=N)CN/C(=C\C=N)c2ccc(F)cc2COc2cc1cnc2N. The molecule has 1 aromatic heterocycles. The van der Waals surface area contributed by atoms with Crippen LogP contribution in [0.1, 0.15) is 23.6 Å². The number of rotatable bonds is 4. The van der Waals surface area contributed by atoms with Crippen LogP contribution in [0.2, 0.25) is 0 Å². The fourth-order valence-electron chi connectivity index (χ4n) is 3.11. The monoisotopic (exact) mass is 394 g/mol. The van der Waals surface area contributed by atoms with Crippen molar-refractivity contribution >= 4 is 29.6 Å². The highest BCUT2D eigenvalue weighted by atomic mass is 19.1. The van der Waals surface area contributed by atoms with Crippen molar-refractivity contribution in [2.75, 3.05) is 18.8 Å². The zero-order valence-electron chi connectivity index (χ0n) is 16.1. The van der Waals surface area contributed by atoms with E-state index >= 15 is 0 Å². The van der Waals surface area contributed by atoms with Gasteiger partial charge in [-0.25, -0.2) is 9.37 Å². The molecule has 1 aliphatic heterocycles. The Bertz CT molecular complexity index is 999. The van der Waals surface area contributed by atoms with Crippen molar-refractivity contribution in [2.24, 2.45) is 0 Å². The lowest BCUT2D eigenvalue weighted by Crippen LogP contribution is -2.23. The minimum Gasteiger partial charge on any atom is -0.485 e. The van der Waals surface area contributed by atoms with Crippen LogP contribution in [0.4, 0.5) is 10.2 Å². The van der Waals surface area contributed by atoms with Crippen LogP contribution in [0, 0.1) is 16.6 Å². The van der Waals surface area contributed by atoms with Crippen molar-refractivity contribution < 1.29 is 9.13 Å². The first kappa shape index (κ1) is 20.1. The number of halogens is 1. The molecule has 1 aromatic carbocycles. The Balaban J connectivity index is 2.19. The topological polar surface area (TPSA) is 120 Å². The highest BCUT2D eigenvalue weighted by Crippen LogP contribution is 2.28. The van der Waals surface area contributed by atoms with Crippen LogP contribution in [-0.4, -0.2) is 30.5 Å². The lowest BCUT2D eigenvalue weighted by Gasteiger charge is -2.21. The van der Waals surface area contributed by atoms with Gasteiger partial charge in [-0.15, -0.1) is 0 Å². The van der Waals surface area contributed by atoms with Gasteiger partial charge in [0.05, 0.1) is 0 Å². The minimum absolute atomic E-state index is 0.0805. The predicted molar refractivity (Wildman–Crippen MR) is 114 cm³/mol. The quantitative estimate of drug-likeness (QED) is 0.511. The highest BCUT2D eigenvalue weighted by molar-refractivity contribution is 5.90. The van der Waals surface area contributed by atoms with E-state index in [0.717, 1.165) is 17.5 Å². The molecular weight excluding hydrogens is 371 g/mol. The summed E-state index contributed by atoms with van der Waals surface area (Å²) < 4.78 is 19.8. The molecule has 0 saturated heterocycles. The van der Waals surface area contributed by atoms with Gasteiger partial charge in [0, 0.05) is 65.4 Å². The van der Waals surface area contributed by atoms with E-state index in [1.54, 1.807) is 24.4 Å². The third-order valence-electron chi connectivity index (χ3n) is 4.48. The zero-order valence-corrected chi connectivity index (χ0v) is 16.1. The number of nitrogens with two attached hydrogens (primary N) is 1. The predicted octanol–water partition coefficient (Wildman–Crippen LogP) is 2.95. The van der Waals surface area contributed by atoms with Gasteiger partial charge in [-0.3, -0.25) is 0 Å². The van der Waals surface area contributed by atoms with E-state index in [0.29, 0.717) is 41.2 Å². The molecule has 0 atom stereocenters. The third-order valence-corrected chi connectivity index (χ3v) is 4.48. The molecule has 0 saturated carbocycles. The maximum Gasteiger partial charge on any atom is 0.166 e. The number of ether oxygens (including phenoxy) is 1. The molecule has 6 N–H and O–H groups in total. The molecule has 150 valence electrons. The summed E-state index contributed by atoms with van der Waals surface area (Å²) in [7, 11) is 0. The lowest BCUT2D eigenvalue weighted by molar-refractivity contribution is 0.306. The second-order valence-electron chi connectivity index (χ2n) is 6.37. The summed E-state index contributed by atoms with van der Waals surface area (Å²) >= 11 is 0. The van der Waals surface area contributed by atoms with E-state index in [4.69, 9.17) is 21.3 Å². The minimum atomic E-state index is -0.386. The molecular formula is C21H23FN6O. The van der Waals surface area contributed by atoms with Crippen LogP contribution in [0.3, 0.4) is 0 Å². The number of fused-ring (bicyclic) bond motifs is 3. The largest absolute Gasteiger partial charge is 0.485 e. The first-order valence-electron chi connectivity index (χ1n) is 9.17. The van der Waals surface area contributed by atoms with Crippen molar-refractivity contribution in [2.45, 2.75) is 13.5 Å². The van der Waals surface area contributed by atoms with Gasteiger partial charge in [0.2, 0.25) is 0 Å². The fraction of sp³-hybridized carbons (Fsp3) is 0.190. The van der Waals surface area contributed by atoms with Crippen LogP contribution in [0.15, 0.2) is 42.1 Å². The number of nitrogen functional groups attached to an aromatic ring is 1. The maximum atomic E-state index is 13.9. The number of nitrogens with one attached hydrogen (secondary N) is 4. The van der Waals surface area contributed by atoms with Crippen molar-refractivity contribution in [3.8, 4) is 5.75 Å². The summed E-state index contributed by atoms with van der Waals surface area (Å²) in [6, 6.07) is 6.15. The van der Waals surface area contributed by atoms with Crippen LogP contribution in [0.25, 0.3) is 11.4 Å². The average Bonchev–Trinajstić information content (AvgIpc) is 2.71. The Morgan fingerprint density at radius 3 is 2.90 bits per heavy atom. The Morgan fingerprint density at radius 2 is 2.17 bits per heavy atom. The van der Waals surface area contributed by atoms with Gasteiger partial charge in [0.25, 0.3) is 0 Å². The Hall–Kier alpha value is -3.68. The van der Waals surface area contributed by atoms with Crippen LogP contribution < -0.4 is 21.1 Å². The number of benzene rings is 1. The van der Waals surface area contributed by atoms with Crippen molar-refractivity contribution in [3.05, 3.63) is 64.6 Å². The number of hydrogen-bond acceptors (Lipinski definition) is 7. The third kappa shape index (κ3) is 4.43. The van der Waals surface area contributed by atoms with Gasteiger partial charge in [-0.05, 0) is 37.3 Å². The number of allylic oxidation sites excluding steroid dienone is 1. The zero-order chi connectivity index (χ0) is 20.8. The molecule has 0 radical (unpaired) electrons. The van der Waals surface area contributed by atoms with Crippen LogP contribution in [-0.2, 0) is 6.61 Å². The van der Waals surface area contributed by atoms with Gasteiger partial charge >= 0.3 is 0 Å². The van der Waals surface area contributed by atoms with Crippen molar-refractivity contribution in [1.82, 2.24) is 15.6 Å². The first-order valence-corrected chi connectivity index (χ1v) is 9.17. The average molecular weight is 394 g/mol. The Kier molecular flexibility index (Phi) is 6.23. The molecule has 0 spiro atoms. The normalized spacial score (nSPS) is 17.8. The van der Waals surface area contributed by atoms with Gasteiger partial charge < -0.3 is 31.9 Å². The van der Waals surface area contributed by atoms with Gasteiger partial charge in [-0.2, -0.15) is 0 Å². The van der Waals surface area contributed by atoms with E-state index in [1.165, 1.54) is 18.3 Å². The van der Waals surface area contributed by atoms with Gasteiger partial charge in [-0.1, -0.05) is 0 Å². The molecule has 8 heteroatoms. The number of hydrogen-bond donors (Lipinski definition) is 5. The van der Waals surface area contributed by atoms with Gasteiger partial charge in [0.15, 0.2) is 11.6 Å². The number of pyridine rings is 1. The van der Waals surface area contributed by atoms with E-state index in [1.807, 2.05) is 6.92 Å². The lowest BCUT2D eigenvalue weighted by atomic mass is 10.0. The molecule has 0 aliphatic carbocycles. The fourth-order valence-corrected chi connectivity index (χ4v) is 3.11. The summed E-state index contributed by atoms with van der Waals surface area (Å²) in [6.07, 6.45) is 5.64. The second kappa shape index (κ2) is 9.01. The first-order chi connectivity index (χ1) is 14.1.